The number of amides is 6. The van der Waals surface area contributed by atoms with E-state index in [9.17, 15) is 48.6 Å². The molecule has 1 aliphatic carbocycles. The number of fused-ring (bicyclic) bond motifs is 1. The fourth-order valence-electron chi connectivity index (χ4n) is 7.98. The first-order valence-corrected chi connectivity index (χ1v) is 23.4. The molecule has 368 valence electrons. The molecular formula is C49H68BN7O11. The molecule has 10 N–H and O–H groups in total. The fraction of sp³-hybridized carbons (Fsp3) is 0.510. The van der Waals surface area contributed by atoms with E-state index in [0.717, 1.165) is 28.3 Å². The fourth-order valence-corrected chi connectivity index (χ4v) is 7.98. The highest BCUT2D eigenvalue weighted by Gasteiger charge is 2.31. The minimum Gasteiger partial charge on any atom is -0.481 e. The molecule has 1 fully saturated rings. The average molecular weight is 942 g/mol. The van der Waals surface area contributed by atoms with Crippen molar-refractivity contribution in [3.8, 4) is 0 Å². The van der Waals surface area contributed by atoms with Crippen molar-refractivity contribution in [2.45, 2.75) is 127 Å². The van der Waals surface area contributed by atoms with Crippen molar-refractivity contribution in [2.24, 2.45) is 11.8 Å². The van der Waals surface area contributed by atoms with Crippen LogP contribution in [0, 0.1) is 11.8 Å². The topological polar surface area (TPSA) is 281 Å². The van der Waals surface area contributed by atoms with Crippen LogP contribution in [-0.4, -0.2) is 115 Å². The zero-order valence-corrected chi connectivity index (χ0v) is 38.8. The number of urea groups is 1. The lowest BCUT2D eigenvalue weighted by molar-refractivity contribution is -0.141. The number of hydrogen-bond donors (Lipinski definition) is 10. The Hall–Kier alpha value is -6.50. The molecular weight excluding hydrogens is 873 g/mol. The van der Waals surface area contributed by atoms with Crippen LogP contribution < -0.4 is 37.1 Å². The number of carbonyl (C=O) groups is 8. The third-order valence-electron chi connectivity index (χ3n) is 12.0. The first kappa shape index (κ1) is 55.8. The van der Waals surface area contributed by atoms with Crippen LogP contribution in [0.25, 0.3) is 10.8 Å². The maximum absolute atomic E-state index is 13.7. The standard InChI is InChI=1S/C49H68BN7O11/c1-3-12-32(4-2)13-11-18-42(58)51-27-9-7-16-38(57-50)45(62)53-31-33-19-23-36(24-20-33)44(61)54-41(30-34-21-22-35-14-5-6-15-37(35)29-34)46(63)52-28-10-8-17-39(47(64)65)55-49(68)56-40(48(66)67)25-26-43(59)60/h3-6,12,14-15,21-22,29,33,36,38-41,57H,1-2,7-11,13,16-20,23-28,30-31H2,(H,51,58)(H,52,63)(H,53,62)(H,54,61)(H,59,60)(H,64,65)(H,66,67)(H2,55,56,68)/b32-12+. The molecule has 3 rings (SSSR count). The number of carboxylic acid groups (broad SMARTS) is 3. The van der Waals surface area contributed by atoms with Crippen LogP contribution in [0.15, 0.2) is 79.4 Å². The Labute approximate surface area is 399 Å². The van der Waals surface area contributed by atoms with Crippen molar-refractivity contribution in [3.63, 3.8) is 0 Å². The van der Waals surface area contributed by atoms with E-state index in [1.54, 1.807) is 12.2 Å². The van der Waals surface area contributed by atoms with Crippen LogP contribution in [0.1, 0.15) is 102 Å². The highest BCUT2D eigenvalue weighted by Crippen LogP contribution is 2.29. The summed E-state index contributed by atoms with van der Waals surface area (Å²) in [5.74, 6) is -5.18. The summed E-state index contributed by atoms with van der Waals surface area (Å²) < 4.78 is 0. The van der Waals surface area contributed by atoms with Crippen LogP contribution in [0.2, 0.25) is 0 Å². The van der Waals surface area contributed by atoms with Gasteiger partial charge in [-0.1, -0.05) is 73.9 Å². The van der Waals surface area contributed by atoms with Crippen LogP contribution in [0.5, 0.6) is 0 Å². The molecule has 1 saturated carbocycles. The zero-order valence-electron chi connectivity index (χ0n) is 38.8. The van der Waals surface area contributed by atoms with Gasteiger partial charge in [-0.2, -0.15) is 0 Å². The predicted octanol–water partition coefficient (Wildman–Crippen LogP) is 3.94. The highest BCUT2D eigenvalue weighted by atomic mass is 16.4. The number of nitrogens with one attached hydrogen (secondary N) is 7. The molecule has 0 spiro atoms. The summed E-state index contributed by atoms with van der Waals surface area (Å²) in [6, 6.07) is 8.12. The third-order valence-corrected chi connectivity index (χ3v) is 12.0. The molecule has 0 aromatic heterocycles. The van der Waals surface area contributed by atoms with E-state index in [2.05, 4.69) is 50.3 Å². The van der Waals surface area contributed by atoms with Gasteiger partial charge in [-0.15, -0.1) is 0 Å². The monoisotopic (exact) mass is 942 g/mol. The molecule has 0 bridgehead atoms. The number of benzene rings is 2. The van der Waals surface area contributed by atoms with Crippen LogP contribution in [0.3, 0.4) is 0 Å². The van der Waals surface area contributed by atoms with Gasteiger partial charge >= 0.3 is 23.9 Å². The van der Waals surface area contributed by atoms with Gasteiger partial charge < -0.3 is 52.4 Å². The Kier molecular flexibility index (Phi) is 25.2. The molecule has 2 radical (unpaired) electrons. The van der Waals surface area contributed by atoms with E-state index in [0.29, 0.717) is 77.3 Å². The molecule has 4 unspecified atom stereocenters. The summed E-state index contributed by atoms with van der Waals surface area (Å²) in [4.78, 5) is 99.1. The molecule has 19 heteroatoms. The normalized spacial score (nSPS) is 16.4. The largest absolute Gasteiger partial charge is 0.481 e. The number of carboxylic acids is 3. The van der Waals surface area contributed by atoms with Crippen molar-refractivity contribution in [1.29, 1.82) is 0 Å². The highest BCUT2D eigenvalue weighted by molar-refractivity contribution is 6.06. The Morgan fingerprint density at radius 3 is 1.90 bits per heavy atom. The number of carbonyl (C=O) groups excluding carboxylic acids is 5. The summed E-state index contributed by atoms with van der Waals surface area (Å²) in [5.41, 5.74) is 1.87. The minimum atomic E-state index is -1.53. The van der Waals surface area contributed by atoms with Gasteiger partial charge in [0, 0.05) is 44.8 Å². The van der Waals surface area contributed by atoms with Gasteiger partial charge in [-0.3, -0.25) is 24.0 Å². The Morgan fingerprint density at radius 1 is 0.662 bits per heavy atom. The van der Waals surface area contributed by atoms with Crippen LogP contribution in [-0.2, 0) is 40.0 Å². The first-order chi connectivity index (χ1) is 32.6. The molecule has 0 saturated heterocycles. The summed E-state index contributed by atoms with van der Waals surface area (Å²) in [6.07, 6.45) is 11.4. The van der Waals surface area contributed by atoms with E-state index in [4.69, 9.17) is 13.1 Å². The van der Waals surface area contributed by atoms with Gasteiger partial charge in [-0.25, -0.2) is 14.4 Å². The quantitative estimate of drug-likeness (QED) is 0.0284. The van der Waals surface area contributed by atoms with Gasteiger partial charge in [0.15, 0.2) is 7.98 Å². The molecule has 1 aliphatic rings. The molecule has 0 aliphatic heterocycles. The molecule has 0 heterocycles. The maximum Gasteiger partial charge on any atom is 0.326 e. The number of unbranched alkanes of at least 4 members (excludes halogenated alkanes) is 2. The van der Waals surface area contributed by atoms with Gasteiger partial charge in [0.2, 0.25) is 23.6 Å². The smallest absolute Gasteiger partial charge is 0.326 e. The predicted molar refractivity (Wildman–Crippen MR) is 258 cm³/mol. The zero-order chi connectivity index (χ0) is 49.8. The van der Waals surface area contributed by atoms with Crippen molar-refractivity contribution in [2.75, 3.05) is 19.6 Å². The van der Waals surface area contributed by atoms with E-state index in [1.165, 1.54) is 0 Å². The summed E-state index contributed by atoms with van der Waals surface area (Å²) in [6.45, 7) is 8.52. The number of rotatable bonds is 32. The Bertz CT molecular complexity index is 2070. The van der Waals surface area contributed by atoms with Gasteiger partial charge in [0.1, 0.15) is 18.1 Å². The third kappa shape index (κ3) is 21.0. The lowest BCUT2D eigenvalue weighted by Crippen LogP contribution is -2.51. The van der Waals surface area contributed by atoms with Crippen molar-refractivity contribution in [3.05, 3.63) is 85.0 Å². The van der Waals surface area contributed by atoms with E-state index in [-0.39, 0.29) is 55.4 Å². The molecule has 4 atom stereocenters. The molecule has 68 heavy (non-hydrogen) atoms. The lowest BCUT2D eigenvalue weighted by Gasteiger charge is -2.29. The molecule has 18 nitrogen and oxygen atoms in total. The van der Waals surface area contributed by atoms with Gasteiger partial charge in [0.25, 0.3) is 0 Å². The summed E-state index contributed by atoms with van der Waals surface area (Å²) in [7, 11) is 5.72. The van der Waals surface area contributed by atoms with Gasteiger partial charge in [0.05, 0.1) is 6.04 Å². The lowest BCUT2D eigenvalue weighted by atomic mass is 9.81. The summed E-state index contributed by atoms with van der Waals surface area (Å²) >= 11 is 0. The summed E-state index contributed by atoms with van der Waals surface area (Å²) in [5, 5.41) is 48.4. The average Bonchev–Trinajstić information content (AvgIpc) is 3.31. The molecule has 2 aromatic carbocycles. The molecule has 2 aromatic rings. The van der Waals surface area contributed by atoms with Crippen LogP contribution >= 0.6 is 0 Å². The van der Waals surface area contributed by atoms with Crippen molar-refractivity contribution in [1.82, 2.24) is 37.1 Å². The van der Waals surface area contributed by atoms with Crippen molar-refractivity contribution < 1.29 is 53.7 Å². The van der Waals surface area contributed by atoms with E-state index >= 15 is 0 Å². The SMILES string of the molecule is [B]NC(CCCCNC(=O)CCC/C(C=C)=C/C=C)C(=O)NCC1CCC(C(=O)NC(Cc2ccc3ccccc3c2)C(=O)NCCCCC(NC(=O)NC(CCC(=O)O)C(=O)O)C(=O)O)CC1. The Morgan fingerprint density at radius 2 is 1.28 bits per heavy atom. The van der Waals surface area contributed by atoms with Crippen molar-refractivity contribution >= 4 is 66.3 Å². The van der Waals surface area contributed by atoms with E-state index in [1.807, 2.05) is 48.5 Å². The second kappa shape index (κ2) is 30.7. The van der Waals surface area contributed by atoms with Gasteiger partial charge in [-0.05, 0) is 111 Å². The number of allylic oxidation sites excluding steroid dienone is 4. The Balaban J connectivity index is 1.46. The second-order valence-electron chi connectivity index (χ2n) is 17.1. The first-order valence-electron chi connectivity index (χ1n) is 23.4. The van der Waals surface area contributed by atoms with E-state index < -0.39 is 66.9 Å². The maximum atomic E-state index is 13.7. The number of aliphatic carboxylic acids is 3. The number of hydrogen-bond acceptors (Lipinski definition) is 9. The molecule has 6 amide bonds. The van der Waals surface area contributed by atoms with Crippen LogP contribution in [0.4, 0.5) is 4.79 Å². The second-order valence-corrected chi connectivity index (χ2v) is 17.1. The minimum absolute atomic E-state index is 0.0242.